The molecular formula is C15H19NO. The van der Waals surface area contributed by atoms with Crippen molar-refractivity contribution in [3.8, 4) is 11.8 Å². The molecule has 1 aliphatic carbocycles. The molecule has 17 heavy (non-hydrogen) atoms. The van der Waals surface area contributed by atoms with Crippen molar-refractivity contribution >= 4 is 5.78 Å². The van der Waals surface area contributed by atoms with Crippen LogP contribution in [0.15, 0.2) is 12.3 Å². The minimum Gasteiger partial charge on any atom is -0.350 e. The summed E-state index contributed by atoms with van der Waals surface area (Å²) in [6, 6.07) is 1.96. The number of carbonyl (C=O) groups excluding carboxylic acids is 1. The highest BCUT2D eigenvalue weighted by atomic mass is 16.1. The Bertz CT molecular complexity index is 497. The average molecular weight is 229 g/mol. The van der Waals surface area contributed by atoms with Crippen molar-refractivity contribution in [2.75, 3.05) is 0 Å². The molecule has 0 saturated carbocycles. The predicted octanol–water partition coefficient (Wildman–Crippen LogP) is 3.06. The maximum Gasteiger partial charge on any atom is 0.165 e. The smallest absolute Gasteiger partial charge is 0.165 e. The molecule has 2 heteroatoms. The summed E-state index contributed by atoms with van der Waals surface area (Å²) < 4.78 is 2.19. The molecule has 0 unspecified atom stereocenters. The summed E-state index contributed by atoms with van der Waals surface area (Å²) in [7, 11) is 0. The van der Waals surface area contributed by atoms with Gasteiger partial charge in [-0.05, 0) is 24.8 Å². The molecule has 0 amide bonds. The third-order valence-electron chi connectivity index (χ3n) is 3.32. The van der Waals surface area contributed by atoms with Gasteiger partial charge in [-0.3, -0.25) is 4.79 Å². The van der Waals surface area contributed by atoms with Crippen molar-refractivity contribution < 1.29 is 4.79 Å². The Hall–Kier alpha value is -1.49. The molecule has 1 aromatic rings. The number of ketones is 1. The average Bonchev–Trinajstić information content (AvgIpc) is 2.60. The van der Waals surface area contributed by atoms with Crippen LogP contribution in [0.3, 0.4) is 0 Å². The van der Waals surface area contributed by atoms with Crippen molar-refractivity contribution in [3.63, 3.8) is 0 Å². The summed E-state index contributed by atoms with van der Waals surface area (Å²) in [6.07, 6.45) is 4.53. The van der Waals surface area contributed by atoms with E-state index in [1.165, 1.54) is 5.69 Å². The number of aryl methyl sites for hydroxylation is 1. The first kappa shape index (κ1) is 12.0. The van der Waals surface area contributed by atoms with Gasteiger partial charge in [-0.15, -0.1) is 11.8 Å². The van der Waals surface area contributed by atoms with E-state index in [1.54, 1.807) is 0 Å². The largest absolute Gasteiger partial charge is 0.350 e. The maximum absolute atomic E-state index is 12.0. The normalized spacial score (nSPS) is 17.2. The predicted molar refractivity (Wildman–Crippen MR) is 68.9 cm³/mol. The molecule has 1 heterocycles. The van der Waals surface area contributed by atoms with Crippen molar-refractivity contribution in [2.24, 2.45) is 5.41 Å². The zero-order chi connectivity index (χ0) is 12.5. The van der Waals surface area contributed by atoms with Crippen LogP contribution in [-0.4, -0.2) is 10.4 Å². The fourth-order valence-corrected chi connectivity index (χ4v) is 2.51. The highest BCUT2D eigenvalue weighted by molar-refractivity contribution is 5.98. The molecule has 0 aromatic carbocycles. The molecule has 1 aromatic heterocycles. The molecule has 2 nitrogen and oxygen atoms in total. The van der Waals surface area contributed by atoms with Gasteiger partial charge in [0.1, 0.15) is 0 Å². The van der Waals surface area contributed by atoms with E-state index < -0.39 is 0 Å². The van der Waals surface area contributed by atoms with E-state index in [1.807, 2.05) is 19.2 Å². The molecule has 0 spiro atoms. The zero-order valence-corrected chi connectivity index (χ0v) is 10.8. The Balaban J connectivity index is 2.26. The molecule has 0 bridgehead atoms. The second kappa shape index (κ2) is 4.41. The van der Waals surface area contributed by atoms with Gasteiger partial charge in [0.25, 0.3) is 0 Å². The van der Waals surface area contributed by atoms with E-state index >= 15 is 0 Å². The molecule has 1 aliphatic rings. The highest BCUT2D eigenvalue weighted by Crippen LogP contribution is 2.35. The van der Waals surface area contributed by atoms with Crippen molar-refractivity contribution in [3.05, 3.63) is 23.5 Å². The van der Waals surface area contributed by atoms with Crippen LogP contribution in [0.4, 0.5) is 0 Å². The van der Waals surface area contributed by atoms with Gasteiger partial charge in [-0.25, -0.2) is 0 Å². The molecule has 0 aliphatic heterocycles. The van der Waals surface area contributed by atoms with Crippen LogP contribution >= 0.6 is 0 Å². The van der Waals surface area contributed by atoms with Gasteiger partial charge in [0.2, 0.25) is 0 Å². The lowest BCUT2D eigenvalue weighted by atomic mass is 9.76. The quantitative estimate of drug-likeness (QED) is 0.714. The maximum atomic E-state index is 12.0. The Morgan fingerprint density at radius 2 is 2.18 bits per heavy atom. The van der Waals surface area contributed by atoms with Gasteiger partial charge in [0.05, 0.1) is 0 Å². The number of nitrogens with zero attached hydrogens (tertiary/aromatic N) is 1. The van der Waals surface area contributed by atoms with Crippen molar-refractivity contribution in [1.82, 2.24) is 4.57 Å². The standard InChI is InChI=1S/C15H19NO/c1-4-5-6-8-16-9-7-12-13(16)10-15(2,3)11-14(12)17/h7,9H,6,8,10-11H2,1-3H3. The second-order valence-electron chi connectivity index (χ2n) is 5.49. The summed E-state index contributed by atoms with van der Waals surface area (Å²) in [4.78, 5) is 12.0. The second-order valence-corrected chi connectivity index (χ2v) is 5.49. The number of rotatable bonds is 2. The van der Waals surface area contributed by atoms with Gasteiger partial charge < -0.3 is 4.57 Å². The lowest BCUT2D eigenvalue weighted by Gasteiger charge is -2.29. The van der Waals surface area contributed by atoms with Crippen LogP contribution in [0.5, 0.6) is 0 Å². The van der Waals surface area contributed by atoms with Crippen LogP contribution in [0.2, 0.25) is 0 Å². The number of aromatic nitrogens is 1. The van der Waals surface area contributed by atoms with Gasteiger partial charge in [-0.1, -0.05) is 13.8 Å². The van der Waals surface area contributed by atoms with Gasteiger partial charge in [-0.2, -0.15) is 0 Å². The summed E-state index contributed by atoms with van der Waals surface area (Å²) in [6.45, 7) is 7.07. The Kier molecular flexibility index (Phi) is 3.11. The third kappa shape index (κ3) is 2.44. The van der Waals surface area contributed by atoms with Crippen molar-refractivity contribution in [1.29, 1.82) is 0 Å². The first-order chi connectivity index (χ1) is 8.03. The summed E-state index contributed by atoms with van der Waals surface area (Å²) in [5.74, 6) is 6.26. The Morgan fingerprint density at radius 1 is 1.41 bits per heavy atom. The molecule has 0 atom stereocenters. The van der Waals surface area contributed by atoms with Crippen LogP contribution < -0.4 is 0 Å². The number of hydrogen-bond acceptors (Lipinski definition) is 1. The fraction of sp³-hybridized carbons (Fsp3) is 0.533. The third-order valence-corrected chi connectivity index (χ3v) is 3.32. The Labute approximate surface area is 103 Å². The minimum atomic E-state index is 0.0939. The van der Waals surface area contributed by atoms with Gasteiger partial charge >= 0.3 is 0 Å². The van der Waals surface area contributed by atoms with Gasteiger partial charge in [0, 0.05) is 36.8 Å². The molecular weight excluding hydrogens is 210 g/mol. The van der Waals surface area contributed by atoms with Crippen LogP contribution in [0, 0.1) is 17.3 Å². The van der Waals surface area contributed by atoms with E-state index in [4.69, 9.17) is 0 Å². The molecule has 0 N–H and O–H groups in total. The molecule has 0 radical (unpaired) electrons. The number of fused-ring (bicyclic) bond motifs is 1. The topological polar surface area (TPSA) is 22.0 Å². The van der Waals surface area contributed by atoms with E-state index in [0.29, 0.717) is 6.42 Å². The molecule has 0 fully saturated rings. The molecule has 0 saturated heterocycles. The SMILES string of the molecule is CC#CCCn1ccc2c1CC(C)(C)CC2=O. The van der Waals surface area contributed by atoms with Gasteiger partial charge in [0.15, 0.2) is 5.78 Å². The summed E-state index contributed by atoms with van der Waals surface area (Å²) in [5, 5.41) is 0. The van der Waals surface area contributed by atoms with Crippen LogP contribution in [-0.2, 0) is 13.0 Å². The minimum absolute atomic E-state index is 0.0939. The zero-order valence-electron chi connectivity index (χ0n) is 10.8. The number of Topliss-reactive ketones (excluding diaryl/α,β-unsaturated/α-hetero) is 1. The summed E-state index contributed by atoms with van der Waals surface area (Å²) in [5.41, 5.74) is 2.22. The highest BCUT2D eigenvalue weighted by Gasteiger charge is 2.32. The molecule has 2 rings (SSSR count). The molecule has 90 valence electrons. The lowest BCUT2D eigenvalue weighted by Crippen LogP contribution is -2.28. The summed E-state index contributed by atoms with van der Waals surface area (Å²) >= 11 is 0. The van der Waals surface area contributed by atoms with Crippen molar-refractivity contribution in [2.45, 2.75) is 46.6 Å². The van der Waals surface area contributed by atoms with Crippen LogP contribution in [0.25, 0.3) is 0 Å². The number of hydrogen-bond donors (Lipinski definition) is 0. The Morgan fingerprint density at radius 3 is 2.88 bits per heavy atom. The van der Waals surface area contributed by atoms with E-state index in [-0.39, 0.29) is 11.2 Å². The first-order valence-electron chi connectivity index (χ1n) is 6.14. The fourth-order valence-electron chi connectivity index (χ4n) is 2.51. The first-order valence-corrected chi connectivity index (χ1v) is 6.14. The lowest BCUT2D eigenvalue weighted by molar-refractivity contribution is 0.0910. The van der Waals surface area contributed by atoms with Crippen LogP contribution in [0.1, 0.15) is 49.7 Å². The van der Waals surface area contributed by atoms with E-state index in [0.717, 1.165) is 24.9 Å². The monoisotopic (exact) mass is 229 g/mol. The number of carbonyl (C=O) groups is 1. The van der Waals surface area contributed by atoms with E-state index in [2.05, 4.69) is 30.3 Å². The van der Waals surface area contributed by atoms with E-state index in [9.17, 15) is 4.79 Å².